The summed E-state index contributed by atoms with van der Waals surface area (Å²) in [6.07, 6.45) is 1.51. The summed E-state index contributed by atoms with van der Waals surface area (Å²) in [6, 6.07) is 17.1. The summed E-state index contributed by atoms with van der Waals surface area (Å²) < 4.78 is 0. The molecule has 1 aliphatic heterocycles. The highest BCUT2D eigenvalue weighted by molar-refractivity contribution is 5.70. The van der Waals surface area contributed by atoms with E-state index in [-0.39, 0.29) is 5.92 Å². The van der Waals surface area contributed by atoms with Crippen LogP contribution in [0, 0.1) is 12.8 Å². The van der Waals surface area contributed by atoms with Gasteiger partial charge in [0.15, 0.2) is 0 Å². The molecule has 0 spiro atoms. The van der Waals surface area contributed by atoms with E-state index >= 15 is 0 Å². The minimum Gasteiger partial charge on any atom is -0.481 e. The number of hydrogen-bond acceptors (Lipinski definition) is 2. The largest absolute Gasteiger partial charge is 0.481 e. The van der Waals surface area contributed by atoms with Gasteiger partial charge in [-0.15, -0.1) is 0 Å². The van der Waals surface area contributed by atoms with Crippen LogP contribution in [0.1, 0.15) is 24.0 Å². The second-order valence-electron chi connectivity index (χ2n) is 6.40. The molecule has 0 amide bonds. The van der Waals surface area contributed by atoms with Gasteiger partial charge < -0.3 is 5.11 Å². The van der Waals surface area contributed by atoms with E-state index in [1.807, 2.05) is 0 Å². The fourth-order valence-corrected chi connectivity index (χ4v) is 3.33. The van der Waals surface area contributed by atoms with Gasteiger partial charge in [-0.05, 0) is 61.2 Å². The second kappa shape index (κ2) is 6.97. The molecule has 3 rings (SSSR count). The Morgan fingerprint density at radius 3 is 2.57 bits per heavy atom. The third kappa shape index (κ3) is 3.80. The Morgan fingerprint density at radius 1 is 1.13 bits per heavy atom. The average Bonchev–Trinajstić information content (AvgIpc) is 2.56. The number of rotatable bonds is 4. The van der Waals surface area contributed by atoms with Gasteiger partial charge in [0.25, 0.3) is 0 Å². The molecule has 1 aliphatic rings. The molecule has 3 nitrogen and oxygen atoms in total. The predicted octanol–water partition coefficient (Wildman–Crippen LogP) is 3.96. The molecule has 2 aromatic carbocycles. The molecule has 0 radical (unpaired) electrons. The van der Waals surface area contributed by atoms with Gasteiger partial charge >= 0.3 is 5.97 Å². The number of aliphatic carboxylic acids is 1. The first kappa shape index (κ1) is 15.8. The fraction of sp³-hybridized carbons (Fsp3) is 0.350. The maximum absolute atomic E-state index is 11.0. The molecule has 3 heteroatoms. The van der Waals surface area contributed by atoms with Crippen molar-refractivity contribution in [2.24, 2.45) is 5.92 Å². The Hall–Kier alpha value is -2.13. The van der Waals surface area contributed by atoms with E-state index in [4.69, 9.17) is 5.11 Å². The van der Waals surface area contributed by atoms with Crippen LogP contribution in [0.4, 0.5) is 0 Å². The molecule has 1 N–H and O–H groups in total. The van der Waals surface area contributed by atoms with Crippen LogP contribution in [0.3, 0.4) is 0 Å². The molecular formula is C20H23NO2. The molecule has 0 bridgehead atoms. The highest BCUT2D eigenvalue weighted by Crippen LogP contribution is 2.25. The quantitative estimate of drug-likeness (QED) is 0.929. The van der Waals surface area contributed by atoms with Gasteiger partial charge in [0, 0.05) is 6.54 Å². The number of benzene rings is 2. The lowest BCUT2D eigenvalue weighted by atomic mass is 9.96. The SMILES string of the molecule is Cc1ccccc1-c1cccc(CN2CCC(C(=O)O)CC2)c1. The molecule has 120 valence electrons. The van der Waals surface area contributed by atoms with Crippen molar-refractivity contribution < 1.29 is 9.90 Å². The Kier molecular flexibility index (Phi) is 4.77. The summed E-state index contributed by atoms with van der Waals surface area (Å²) in [5.41, 5.74) is 5.10. The first-order chi connectivity index (χ1) is 11.1. The van der Waals surface area contributed by atoms with Gasteiger partial charge in [-0.2, -0.15) is 0 Å². The minimum atomic E-state index is -0.647. The number of carboxylic acid groups (broad SMARTS) is 1. The summed E-state index contributed by atoms with van der Waals surface area (Å²) in [5, 5.41) is 9.08. The molecule has 0 atom stereocenters. The average molecular weight is 309 g/mol. The molecule has 2 aromatic rings. The van der Waals surface area contributed by atoms with Crippen molar-refractivity contribution in [1.29, 1.82) is 0 Å². The van der Waals surface area contributed by atoms with Crippen LogP contribution in [0.15, 0.2) is 48.5 Å². The van der Waals surface area contributed by atoms with Crippen LogP contribution in [0.5, 0.6) is 0 Å². The predicted molar refractivity (Wildman–Crippen MR) is 92.3 cm³/mol. The zero-order valence-corrected chi connectivity index (χ0v) is 13.5. The molecule has 23 heavy (non-hydrogen) atoms. The zero-order chi connectivity index (χ0) is 16.2. The number of piperidine rings is 1. The summed E-state index contributed by atoms with van der Waals surface area (Å²) in [4.78, 5) is 13.4. The highest BCUT2D eigenvalue weighted by Gasteiger charge is 2.24. The first-order valence-corrected chi connectivity index (χ1v) is 8.23. The van der Waals surface area contributed by atoms with E-state index < -0.39 is 5.97 Å². The van der Waals surface area contributed by atoms with E-state index in [9.17, 15) is 4.79 Å². The third-order valence-electron chi connectivity index (χ3n) is 4.73. The topological polar surface area (TPSA) is 40.5 Å². The lowest BCUT2D eigenvalue weighted by Gasteiger charge is -2.30. The second-order valence-corrected chi connectivity index (χ2v) is 6.40. The van der Waals surface area contributed by atoms with Crippen molar-refractivity contribution >= 4 is 5.97 Å². The van der Waals surface area contributed by atoms with Crippen LogP contribution >= 0.6 is 0 Å². The molecule has 0 saturated carbocycles. The van der Waals surface area contributed by atoms with E-state index in [0.717, 1.165) is 32.5 Å². The minimum absolute atomic E-state index is 0.162. The molecular weight excluding hydrogens is 286 g/mol. The molecule has 1 saturated heterocycles. The van der Waals surface area contributed by atoms with Crippen LogP contribution in [0.2, 0.25) is 0 Å². The Balaban J connectivity index is 1.69. The summed E-state index contributed by atoms with van der Waals surface area (Å²) in [6.45, 7) is 4.77. The Labute approximate surface area is 137 Å². The van der Waals surface area contributed by atoms with Gasteiger partial charge in [0.1, 0.15) is 0 Å². The van der Waals surface area contributed by atoms with E-state index in [2.05, 4.69) is 60.4 Å². The van der Waals surface area contributed by atoms with E-state index in [0.29, 0.717) is 0 Å². The lowest BCUT2D eigenvalue weighted by molar-refractivity contribution is -0.143. The smallest absolute Gasteiger partial charge is 0.306 e. The Bertz CT molecular complexity index is 688. The molecule has 1 heterocycles. The van der Waals surface area contributed by atoms with E-state index in [1.165, 1.54) is 22.3 Å². The summed E-state index contributed by atoms with van der Waals surface area (Å²) in [5.74, 6) is -0.809. The molecule has 0 unspecified atom stereocenters. The first-order valence-electron chi connectivity index (χ1n) is 8.23. The van der Waals surface area contributed by atoms with Crippen molar-refractivity contribution in [3.63, 3.8) is 0 Å². The van der Waals surface area contributed by atoms with Crippen LogP contribution in [-0.2, 0) is 11.3 Å². The number of carbonyl (C=O) groups is 1. The van der Waals surface area contributed by atoms with Crippen molar-refractivity contribution in [2.75, 3.05) is 13.1 Å². The maximum atomic E-state index is 11.0. The van der Waals surface area contributed by atoms with Gasteiger partial charge in [0.2, 0.25) is 0 Å². The van der Waals surface area contributed by atoms with Gasteiger partial charge in [-0.1, -0.05) is 42.5 Å². The normalized spacial score (nSPS) is 16.4. The Morgan fingerprint density at radius 2 is 1.87 bits per heavy atom. The van der Waals surface area contributed by atoms with Crippen molar-refractivity contribution in [3.8, 4) is 11.1 Å². The van der Waals surface area contributed by atoms with E-state index in [1.54, 1.807) is 0 Å². The van der Waals surface area contributed by atoms with Crippen LogP contribution in [-0.4, -0.2) is 29.1 Å². The van der Waals surface area contributed by atoms with Gasteiger partial charge in [-0.25, -0.2) is 0 Å². The zero-order valence-electron chi connectivity index (χ0n) is 13.5. The van der Waals surface area contributed by atoms with Gasteiger partial charge in [0.05, 0.1) is 5.92 Å². The number of nitrogens with zero attached hydrogens (tertiary/aromatic N) is 1. The maximum Gasteiger partial charge on any atom is 0.306 e. The highest BCUT2D eigenvalue weighted by atomic mass is 16.4. The van der Waals surface area contributed by atoms with Crippen LogP contribution in [0.25, 0.3) is 11.1 Å². The van der Waals surface area contributed by atoms with Crippen LogP contribution < -0.4 is 0 Å². The third-order valence-corrected chi connectivity index (χ3v) is 4.73. The van der Waals surface area contributed by atoms with Crippen molar-refractivity contribution in [2.45, 2.75) is 26.3 Å². The number of hydrogen-bond donors (Lipinski definition) is 1. The van der Waals surface area contributed by atoms with Gasteiger partial charge in [-0.3, -0.25) is 9.69 Å². The summed E-state index contributed by atoms with van der Waals surface area (Å²) in [7, 11) is 0. The standard InChI is InChI=1S/C20H23NO2/c1-15-5-2-3-8-19(15)18-7-4-6-16(13-18)14-21-11-9-17(10-12-21)20(22)23/h2-8,13,17H,9-12,14H2,1H3,(H,22,23). The number of likely N-dealkylation sites (tertiary alicyclic amines) is 1. The number of aryl methyl sites for hydroxylation is 1. The molecule has 0 aliphatic carbocycles. The number of carboxylic acids is 1. The monoisotopic (exact) mass is 309 g/mol. The molecule has 1 fully saturated rings. The lowest BCUT2D eigenvalue weighted by Crippen LogP contribution is -2.35. The summed E-state index contributed by atoms with van der Waals surface area (Å²) >= 11 is 0. The molecule has 0 aromatic heterocycles. The van der Waals surface area contributed by atoms with Crippen molar-refractivity contribution in [1.82, 2.24) is 4.90 Å². The fourth-order valence-electron chi connectivity index (χ4n) is 3.33. The van der Waals surface area contributed by atoms with Crippen molar-refractivity contribution in [3.05, 3.63) is 59.7 Å².